The summed E-state index contributed by atoms with van der Waals surface area (Å²) in [5, 5.41) is 4.67. The fourth-order valence-corrected chi connectivity index (χ4v) is 8.93. The number of hydrogen-bond acceptors (Lipinski definition) is 5. The zero-order chi connectivity index (χ0) is 34.1. The number of benzene rings is 4. The summed E-state index contributed by atoms with van der Waals surface area (Å²) < 4.78 is 12.8. The molecule has 248 valence electrons. The van der Waals surface area contributed by atoms with Crippen LogP contribution >= 0.6 is 23.1 Å². The third-order valence-corrected chi connectivity index (χ3v) is 12.0. The van der Waals surface area contributed by atoms with Crippen molar-refractivity contribution in [3.05, 3.63) is 124 Å². The summed E-state index contributed by atoms with van der Waals surface area (Å²) in [5.74, 6) is 0.891. The van der Waals surface area contributed by atoms with Gasteiger partial charge < -0.3 is 14.2 Å². The Hall–Kier alpha value is -4.59. The molecule has 0 unspecified atom stereocenters. The third kappa shape index (κ3) is 6.22. The molecule has 49 heavy (non-hydrogen) atoms. The lowest BCUT2D eigenvalue weighted by molar-refractivity contribution is -0.642. The lowest BCUT2D eigenvalue weighted by Gasteiger charge is -2.22. The number of hydrogen-bond donors (Lipinski definition) is 0. The van der Waals surface area contributed by atoms with Crippen molar-refractivity contribution in [2.75, 3.05) is 43.0 Å². The Bertz CT molecular complexity index is 2300. The van der Waals surface area contributed by atoms with Gasteiger partial charge in [0.2, 0.25) is 10.9 Å². The van der Waals surface area contributed by atoms with E-state index in [-0.39, 0.29) is 0 Å². The van der Waals surface area contributed by atoms with Crippen molar-refractivity contribution in [2.24, 2.45) is 7.05 Å². The normalized spacial score (nSPS) is 14.2. The fraction of sp³-hybridized carbons (Fsp3) is 0.238. The van der Waals surface area contributed by atoms with E-state index in [1.807, 2.05) is 23.1 Å². The van der Waals surface area contributed by atoms with Crippen molar-refractivity contribution < 1.29 is 8.98 Å². The van der Waals surface area contributed by atoms with Gasteiger partial charge in [-0.1, -0.05) is 53.4 Å². The Balaban J connectivity index is 1.48. The topological polar surface area (TPSA) is 26.5 Å². The number of para-hydroxylation sites is 2. The molecule has 7 rings (SSSR count). The summed E-state index contributed by atoms with van der Waals surface area (Å²) in [6.45, 7) is 12.6. The molecule has 7 heteroatoms. The summed E-state index contributed by atoms with van der Waals surface area (Å²) >= 11 is 3.63. The van der Waals surface area contributed by atoms with E-state index in [4.69, 9.17) is 4.42 Å². The zero-order valence-electron chi connectivity index (χ0n) is 29.2. The molecular weight excluding hydrogens is 641 g/mol. The number of aryl methyl sites for hydroxylation is 1. The molecule has 0 bridgehead atoms. The van der Waals surface area contributed by atoms with Gasteiger partial charge in [0.15, 0.2) is 0 Å². The Morgan fingerprint density at radius 2 is 1.69 bits per heavy atom. The van der Waals surface area contributed by atoms with Crippen molar-refractivity contribution in [3.63, 3.8) is 0 Å². The molecule has 3 heterocycles. The first-order chi connectivity index (χ1) is 23.9. The number of anilines is 2. The predicted molar refractivity (Wildman–Crippen MR) is 212 cm³/mol. The van der Waals surface area contributed by atoms with Crippen LogP contribution in [-0.4, -0.2) is 33.2 Å². The van der Waals surface area contributed by atoms with Crippen LogP contribution in [0.5, 0.6) is 0 Å². The number of thioether (sulfide) groups is 1. The number of thiazole rings is 1. The number of fused-ring (bicyclic) bond motifs is 4. The number of aromatic nitrogens is 1. The zero-order valence-corrected chi connectivity index (χ0v) is 30.9. The summed E-state index contributed by atoms with van der Waals surface area (Å²) in [4.78, 5) is 5.94. The average molecular weight is 685 g/mol. The summed E-state index contributed by atoms with van der Waals surface area (Å²) in [7, 11) is 4.31. The minimum absolute atomic E-state index is 0.891. The van der Waals surface area contributed by atoms with Gasteiger partial charge in [-0.05, 0) is 81.8 Å². The van der Waals surface area contributed by atoms with Crippen LogP contribution in [-0.2, 0) is 7.05 Å². The van der Waals surface area contributed by atoms with Crippen molar-refractivity contribution >= 4 is 67.3 Å². The molecule has 0 saturated carbocycles. The monoisotopic (exact) mass is 684 g/mol. The first-order valence-corrected chi connectivity index (χ1v) is 18.9. The van der Waals surface area contributed by atoms with E-state index in [0.717, 1.165) is 54.0 Å². The first-order valence-electron chi connectivity index (χ1n) is 17.3. The molecule has 0 N–H and O–H groups in total. The van der Waals surface area contributed by atoms with E-state index in [1.165, 1.54) is 47.4 Å². The smallest absolute Gasteiger partial charge is 0.262 e. The standard InChI is InChI=1S/C42H44N4OS2/c1-7-45(8-2)30-21-23-32-36(27-30)47-37-28-31(46(9-3)10-4)22-24-33(37)42(32)29(19-25-40-43(5)34-15-11-13-17-38(34)48-40)20-26-41-44(6)35-16-12-14-18-39(35)49-41/h11-28H,7-10H2,1-6H3/q+2. The van der Waals surface area contributed by atoms with E-state index in [1.54, 1.807) is 0 Å². The van der Waals surface area contributed by atoms with Crippen LogP contribution in [0.3, 0.4) is 0 Å². The van der Waals surface area contributed by atoms with Crippen LogP contribution in [0, 0.1) is 0 Å². The number of nitrogens with zero attached hydrogens (tertiary/aromatic N) is 4. The van der Waals surface area contributed by atoms with E-state index in [2.05, 4.69) is 170 Å². The molecule has 3 aliphatic rings. The lowest BCUT2D eigenvalue weighted by atomic mass is 9.92. The molecular formula is C42H44N4OS2+2. The maximum absolute atomic E-state index is 6.82. The van der Waals surface area contributed by atoms with Gasteiger partial charge in [-0.3, -0.25) is 0 Å². The molecule has 1 aliphatic carbocycles. The quantitative estimate of drug-likeness (QED) is 0.0862. The van der Waals surface area contributed by atoms with Crippen molar-refractivity contribution in [1.82, 2.24) is 4.58 Å². The molecule has 0 fully saturated rings. The van der Waals surface area contributed by atoms with E-state index in [0.29, 0.717) is 0 Å². The molecule has 1 aromatic heterocycles. The second kappa shape index (κ2) is 14.1. The van der Waals surface area contributed by atoms with Gasteiger partial charge in [-0.15, -0.1) is 0 Å². The molecule has 4 aromatic rings. The van der Waals surface area contributed by atoms with E-state index >= 15 is 0 Å². The van der Waals surface area contributed by atoms with Gasteiger partial charge in [0.1, 0.15) is 36.2 Å². The highest BCUT2D eigenvalue weighted by Crippen LogP contribution is 2.45. The molecule has 3 aromatic carbocycles. The Kier molecular flexibility index (Phi) is 9.48. The Labute approximate surface area is 297 Å². The van der Waals surface area contributed by atoms with Gasteiger partial charge in [0.25, 0.3) is 5.01 Å². The van der Waals surface area contributed by atoms with Gasteiger partial charge in [-0.25, -0.2) is 4.58 Å². The highest BCUT2D eigenvalue weighted by molar-refractivity contribution is 8.03. The van der Waals surface area contributed by atoms with Gasteiger partial charge in [0.05, 0.1) is 16.8 Å². The van der Waals surface area contributed by atoms with Gasteiger partial charge in [0, 0.05) is 71.5 Å². The van der Waals surface area contributed by atoms with Crippen molar-refractivity contribution in [2.45, 2.75) is 32.6 Å². The van der Waals surface area contributed by atoms with Gasteiger partial charge in [-0.2, -0.15) is 4.57 Å². The second-order valence-corrected chi connectivity index (χ2v) is 14.4. The maximum atomic E-state index is 6.82. The van der Waals surface area contributed by atoms with Crippen molar-refractivity contribution in [1.29, 1.82) is 0 Å². The molecule has 0 radical (unpaired) electrons. The van der Waals surface area contributed by atoms with Crippen LogP contribution in [0.25, 0.3) is 44.2 Å². The van der Waals surface area contributed by atoms with E-state index < -0.39 is 0 Å². The summed E-state index contributed by atoms with van der Waals surface area (Å²) in [5.41, 5.74) is 7.95. The average Bonchev–Trinajstić information content (AvgIpc) is 3.63. The van der Waals surface area contributed by atoms with Crippen LogP contribution < -0.4 is 24.3 Å². The molecule has 0 amide bonds. The number of allylic oxidation sites excluding steroid dienone is 4. The Morgan fingerprint density at radius 1 is 0.918 bits per heavy atom. The van der Waals surface area contributed by atoms with Gasteiger partial charge >= 0.3 is 0 Å². The molecule has 5 nitrogen and oxygen atoms in total. The fourth-order valence-electron chi connectivity index (χ4n) is 6.83. The molecule has 0 saturated heterocycles. The SMILES string of the molecule is CCN(CC)c1ccc2c(C(=C\C=C3/Sc4ccccc4N3C)/C=C/c3sc4ccccc4[n+]3C)c3ccc(=[N+](CC)CC)cc-3oc2c1. The number of rotatable bonds is 9. The highest BCUT2D eigenvalue weighted by atomic mass is 32.2. The van der Waals surface area contributed by atoms with Crippen LogP contribution in [0.4, 0.5) is 11.4 Å². The molecule has 2 aliphatic heterocycles. The predicted octanol–water partition coefficient (Wildman–Crippen LogP) is 9.42. The lowest BCUT2D eigenvalue weighted by Crippen LogP contribution is -2.29. The summed E-state index contributed by atoms with van der Waals surface area (Å²) in [6, 6.07) is 30.7. The molecule has 0 spiro atoms. The van der Waals surface area contributed by atoms with E-state index in [9.17, 15) is 0 Å². The van der Waals surface area contributed by atoms with Crippen LogP contribution in [0.2, 0.25) is 0 Å². The first kappa shape index (κ1) is 32.9. The molecule has 0 atom stereocenters. The minimum atomic E-state index is 0.891. The third-order valence-electron chi connectivity index (χ3n) is 9.59. The Morgan fingerprint density at radius 3 is 2.45 bits per heavy atom. The minimum Gasteiger partial charge on any atom is -0.456 e. The largest absolute Gasteiger partial charge is 0.456 e. The van der Waals surface area contributed by atoms with Crippen LogP contribution in [0.1, 0.15) is 38.3 Å². The van der Waals surface area contributed by atoms with Crippen molar-refractivity contribution in [3.8, 4) is 11.3 Å². The summed E-state index contributed by atoms with van der Waals surface area (Å²) in [6.07, 6.45) is 9.12. The maximum Gasteiger partial charge on any atom is 0.262 e. The highest BCUT2D eigenvalue weighted by Gasteiger charge is 2.23. The second-order valence-electron chi connectivity index (χ2n) is 12.2. The van der Waals surface area contributed by atoms with Crippen LogP contribution in [0.15, 0.2) is 117 Å².